The first-order chi connectivity index (χ1) is 9.76. The maximum atomic E-state index is 12.2. The Labute approximate surface area is 125 Å². The number of carbonyl (C=O) groups is 3. The largest absolute Gasteiger partial charge is 0.481 e. The van der Waals surface area contributed by atoms with Gasteiger partial charge in [-0.1, -0.05) is 6.92 Å². The van der Waals surface area contributed by atoms with Crippen LogP contribution in [-0.4, -0.2) is 65.5 Å². The first kappa shape index (κ1) is 17.3. The van der Waals surface area contributed by atoms with Crippen LogP contribution in [0.15, 0.2) is 0 Å². The summed E-state index contributed by atoms with van der Waals surface area (Å²) in [6, 6.07) is -0.999. The van der Waals surface area contributed by atoms with Gasteiger partial charge in [0, 0.05) is 26.7 Å². The molecule has 1 fully saturated rings. The minimum absolute atomic E-state index is 0.134. The number of aliphatic carboxylic acids is 1. The topological polar surface area (TPSA) is 90.0 Å². The quantitative estimate of drug-likeness (QED) is 0.795. The van der Waals surface area contributed by atoms with Crippen LogP contribution in [0, 0.1) is 11.8 Å². The van der Waals surface area contributed by atoms with Crippen LogP contribution in [0.2, 0.25) is 0 Å². The number of urea groups is 1. The molecule has 3 amide bonds. The molecule has 0 aromatic carbocycles. The molecule has 2 N–H and O–H groups in total. The number of rotatable bonds is 4. The summed E-state index contributed by atoms with van der Waals surface area (Å²) in [6.45, 7) is 6.69. The lowest BCUT2D eigenvalue weighted by atomic mass is 9.91. The van der Waals surface area contributed by atoms with Crippen molar-refractivity contribution in [1.82, 2.24) is 15.1 Å². The van der Waals surface area contributed by atoms with Crippen LogP contribution < -0.4 is 5.32 Å². The molecule has 120 valence electrons. The number of likely N-dealkylation sites (N-methyl/N-ethyl adjacent to an activating group) is 1. The van der Waals surface area contributed by atoms with E-state index in [0.717, 1.165) is 0 Å². The molecule has 1 saturated heterocycles. The molecule has 1 heterocycles. The van der Waals surface area contributed by atoms with Crippen molar-refractivity contribution in [3.63, 3.8) is 0 Å². The monoisotopic (exact) mass is 299 g/mol. The van der Waals surface area contributed by atoms with Crippen molar-refractivity contribution < 1.29 is 19.5 Å². The Morgan fingerprint density at radius 3 is 2.52 bits per heavy atom. The third-order valence-electron chi connectivity index (χ3n) is 3.86. The molecule has 3 unspecified atom stereocenters. The van der Waals surface area contributed by atoms with Gasteiger partial charge in [0.1, 0.15) is 6.04 Å². The zero-order valence-electron chi connectivity index (χ0n) is 13.1. The van der Waals surface area contributed by atoms with Gasteiger partial charge in [-0.25, -0.2) is 4.79 Å². The lowest BCUT2D eigenvalue weighted by Crippen LogP contribution is -2.54. The summed E-state index contributed by atoms with van der Waals surface area (Å²) in [7, 11) is 1.68. The second kappa shape index (κ2) is 7.28. The molecule has 0 aliphatic carbocycles. The Kier molecular flexibility index (Phi) is 5.99. The number of nitrogens with one attached hydrogen (secondary N) is 1. The molecule has 0 bridgehead atoms. The molecular weight excluding hydrogens is 274 g/mol. The van der Waals surface area contributed by atoms with E-state index in [-0.39, 0.29) is 24.4 Å². The summed E-state index contributed by atoms with van der Waals surface area (Å²) < 4.78 is 0. The van der Waals surface area contributed by atoms with E-state index in [0.29, 0.717) is 19.5 Å². The molecule has 1 aliphatic heterocycles. The first-order valence-corrected chi connectivity index (χ1v) is 7.29. The van der Waals surface area contributed by atoms with Crippen LogP contribution in [0.4, 0.5) is 4.79 Å². The highest BCUT2D eigenvalue weighted by Gasteiger charge is 2.32. The van der Waals surface area contributed by atoms with Gasteiger partial charge in [-0.05, 0) is 26.2 Å². The molecule has 1 rings (SSSR count). The van der Waals surface area contributed by atoms with E-state index in [1.165, 1.54) is 9.80 Å². The fourth-order valence-electron chi connectivity index (χ4n) is 2.52. The van der Waals surface area contributed by atoms with E-state index < -0.39 is 17.9 Å². The van der Waals surface area contributed by atoms with Crippen molar-refractivity contribution in [3.05, 3.63) is 0 Å². The van der Waals surface area contributed by atoms with Crippen molar-refractivity contribution in [2.75, 3.05) is 26.7 Å². The van der Waals surface area contributed by atoms with Crippen molar-refractivity contribution in [2.45, 2.75) is 33.2 Å². The van der Waals surface area contributed by atoms with E-state index in [1.807, 2.05) is 13.8 Å². The Morgan fingerprint density at radius 2 is 2.00 bits per heavy atom. The predicted molar refractivity (Wildman–Crippen MR) is 77.8 cm³/mol. The van der Waals surface area contributed by atoms with Crippen LogP contribution in [0.1, 0.15) is 27.2 Å². The van der Waals surface area contributed by atoms with Gasteiger partial charge in [0.25, 0.3) is 0 Å². The molecule has 0 spiro atoms. The summed E-state index contributed by atoms with van der Waals surface area (Å²) in [5, 5.41) is 11.8. The van der Waals surface area contributed by atoms with Gasteiger partial charge < -0.3 is 20.2 Å². The van der Waals surface area contributed by atoms with Gasteiger partial charge in [-0.15, -0.1) is 0 Å². The SMILES string of the molecule is CCN(C)C(=O)C(C)NC(=O)N1CC(C)CC(C(=O)O)C1. The molecule has 0 aromatic heterocycles. The molecule has 7 heteroatoms. The van der Waals surface area contributed by atoms with Crippen molar-refractivity contribution in [1.29, 1.82) is 0 Å². The first-order valence-electron chi connectivity index (χ1n) is 7.29. The Bertz CT molecular complexity index is 413. The van der Waals surface area contributed by atoms with E-state index in [4.69, 9.17) is 5.11 Å². The maximum absolute atomic E-state index is 12.2. The standard InChI is InChI=1S/C14H25N3O4/c1-5-16(4)12(18)10(3)15-14(21)17-7-9(2)6-11(8-17)13(19)20/h9-11H,5-8H2,1-4H3,(H,15,21)(H,19,20). The third-order valence-corrected chi connectivity index (χ3v) is 3.86. The Hall–Kier alpha value is -1.79. The predicted octanol–water partition coefficient (Wildman–Crippen LogP) is 0.605. The van der Waals surface area contributed by atoms with E-state index in [9.17, 15) is 14.4 Å². The van der Waals surface area contributed by atoms with Gasteiger partial charge in [0.15, 0.2) is 0 Å². The minimum Gasteiger partial charge on any atom is -0.481 e. The summed E-state index contributed by atoms with van der Waals surface area (Å²) in [5.74, 6) is -1.45. The van der Waals surface area contributed by atoms with Crippen LogP contribution in [-0.2, 0) is 9.59 Å². The summed E-state index contributed by atoms with van der Waals surface area (Å²) in [5.41, 5.74) is 0. The summed E-state index contributed by atoms with van der Waals surface area (Å²) in [4.78, 5) is 38.2. The van der Waals surface area contributed by atoms with Crippen LogP contribution >= 0.6 is 0 Å². The summed E-state index contributed by atoms with van der Waals surface area (Å²) in [6.07, 6.45) is 0.576. The van der Waals surface area contributed by atoms with Crippen LogP contribution in [0.5, 0.6) is 0 Å². The summed E-state index contributed by atoms with van der Waals surface area (Å²) >= 11 is 0. The second-order valence-corrected chi connectivity index (χ2v) is 5.80. The second-order valence-electron chi connectivity index (χ2n) is 5.80. The van der Waals surface area contributed by atoms with Gasteiger partial charge in [-0.3, -0.25) is 9.59 Å². The number of hydrogen-bond acceptors (Lipinski definition) is 3. The number of carboxylic acid groups (broad SMARTS) is 1. The average molecular weight is 299 g/mol. The van der Waals surface area contributed by atoms with Gasteiger partial charge in [0.05, 0.1) is 5.92 Å². The van der Waals surface area contributed by atoms with Crippen LogP contribution in [0.3, 0.4) is 0 Å². The molecule has 1 aliphatic rings. The van der Waals surface area contributed by atoms with Crippen molar-refractivity contribution in [3.8, 4) is 0 Å². The molecular formula is C14H25N3O4. The molecule has 21 heavy (non-hydrogen) atoms. The lowest BCUT2D eigenvalue weighted by molar-refractivity contribution is -0.143. The molecule has 3 atom stereocenters. The molecule has 0 aromatic rings. The number of hydrogen-bond donors (Lipinski definition) is 2. The number of carbonyl (C=O) groups excluding carboxylic acids is 2. The van der Waals surface area contributed by atoms with Crippen molar-refractivity contribution in [2.24, 2.45) is 11.8 Å². The zero-order valence-corrected chi connectivity index (χ0v) is 13.1. The fourth-order valence-corrected chi connectivity index (χ4v) is 2.52. The molecule has 7 nitrogen and oxygen atoms in total. The lowest BCUT2D eigenvalue weighted by Gasteiger charge is -2.35. The molecule has 0 saturated carbocycles. The fraction of sp³-hybridized carbons (Fsp3) is 0.786. The van der Waals surface area contributed by atoms with Crippen molar-refractivity contribution >= 4 is 17.9 Å². The minimum atomic E-state index is -0.880. The smallest absolute Gasteiger partial charge is 0.318 e. The Morgan fingerprint density at radius 1 is 1.38 bits per heavy atom. The highest BCUT2D eigenvalue weighted by Crippen LogP contribution is 2.21. The maximum Gasteiger partial charge on any atom is 0.318 e. The van der Waals surface area contributed by atoms with E-state index >= 15 is 0 Å². The van der Waals surface area contributed by atoms with E-state index in [1.54, 1.807) is 14.0 Å². The number of amides is 3. The van der Waals surface area contributed by atoms with Gasteiger partial charge in [-0.2, -0.15) is 0 Å². The highest BCUT2D eigenvalue weighted by atomic mass is 16.4. The third kappa shape index (κ3) is 4.61. The number of carboxylic acids is 1. The highest BCUT2D eigenvalue weighted by molar-refractivity contribution is 5.86. The zero-order chi connectivity index (χ0) is 16.2. The van der Waals surface area contributed by atoms with Crippen LogP contribution in [0.25, 0.3) is 0 Å². The van der Waals surface area contributed by atoms with E-state index in [2.05, 4.69) is 5.32 Å². The number of nitrogens with zero attached hydrogens (tertiary/aromatic N) is 2. The average Bonchev–Trinajstić information content (AvgIpc) is 2.44. The number of likely N-dealkylation sites (tertiary alicyclic amines) is 1. The Balaban J connectivity index is 2.62. The number of piperidine rings is 1. The van der Waals surface area contributed by atoms with Gasteiger partial charge in [0.2, 0.25) is 5.91 Å². The normalized spacial score (nSPS) is 23.3. The van der Waals surface area contributed by atoms with Gasteiger partial charge >= 0.3 is 12.0 Å². The molecule has 0 radical (unpaired) electrons.